The summed E-state index contributed by atoms with van der Waals surface area (Å²) >= 11 is 0. The van der Waals surface area contributed by atoms with Gasteiger partial charge in [0.2, 0.25) is 10.0 Å². The Morgan fingerprint density at radius 3 is 2.48 bits per heavy atom. The zero-order chi connectivity index (χ0) is 19.5. The van der Waals surface area contributed by atoms with Gasteiger partial charge in [0, 0.05) is 18.4 Å². The van der Waals surface area contributed by atoms with E-state index in [2.05, 4.69) is 9.46 Å². The number of halogens is 3. The van der Waals surface area contributed by atoms with Crippen molar-refractivity contribution in [3.8, 4) is 5.75 Å². The van der Waals surface area contributed by atoms with Gasteiger partial charge in [0.15, 0.2) is 0 Å². The van der Waals surface area contributed by atoms with Gasteiger partial charge in [0.25, 0.3) is 0 Å². The summed E-state index contributed by atoms with van der Waals surface area (Å²) in [6.07, 6.45) is -4.08. The van der Waals surface area contributed by atoms with E-state index in [4.69, 9.17) is 4.42 Å². The highest BCUT2D eigenvalue weighted by Crippen LogP contribution is 2.29. The first kappa shape index (κ1) is 19.2. The first-order valence-corrected chi connectivity index (χ1v) is 9.55. The molecule has 0 spiro atoms. The van der Waals surface area contributed by atoms with Crippen LogP contribution in [0.5, 0.6) is 5.75 Å². The summed E-state index contributed by atoms with van der Waals surface area (Å²) in [6, 6.07) is 13.9. The Morgan fingerprint density at radius 1 is 1.04 bits per heavy atom. The van der Waals surface area contributed by atoms with Crippen molar-refractivity contribution in [2.45, 2.75) is 24.1 Å². The summed E-state index contributed by atoms with van der Waals surface area (Å²) in [5, 5.41) is 0.950. The zero-order valence-corrected chi connectivity index (χ0v) is 14.8. The van der Waals surface area contributed by atoms with Gasteiger partial charge in [-0.15, -0.1) is 13.2 Å². The van der Waals surface area contributed by atoms with Crippen LogP contribution in [-0.2, 0) is 16.4 Å². The summed E-state index contributed by atoms with van der Waals surface area (Å²) < 4.78 is 73.7. The number of fused-ring (bicyclic) bond motifs is 1. The van der Waals surface area contributed by atoms with Gasteiger partial charge in [0.1, 0.15) is 22.0 Å². The summed E-state index contributed by atoms with van der Waals surface area (Å²) in [5.41, 5.74) is 0.742. The molecular formula is C18H16F3NO4S. The Hall–Kier alpha value is -2.52. The predicted octanol–water partition coefficient (Wildman–Crippen LogP) is 4.24. The second-order valence-electron chi connectivity index (χ2n) is 5.75. The number of para-hydroxylation sites is 2. The van der Waals surface area contributed by atoms with Crippen molar-refractivity contribution in [2.24, 2.45) is 0 Å². The van der Waals surface area contributed by atoms with Crippen LogP contribution in [0, 0.1) is 0 Å². The number of aryl methyl sites for hydroxylation is 1. The summed E-state index contributed by atoms with van der Waals surface area (Å²) in [6.45, 7) is 0.0414. The predicted molar refractivity (Wildman–Crippen MR) is 92.8 cm³/mol. The lowest BCUT2D eigenvalue weighted by Gasteiger charge is -2.13. The lowest BCUT2D eigenvalue weighted by molar-refractivity contribution is -0.275. The zero-order valence-electron chi connectivity index (χ0n) is 14.0. The standard InChI is InChI=1S/C18H16F3NO4S/c19-18(20,21)26-16-9-3-4-10-17(16)27(23,24)22-11-5-7-14-12-13-6-1-2-8-15(13)25-14/h1-4,6,8-10,12,22H,5,7,11H2. The molecule has 144 valence electrons. The Morgan fingerprint density at radius 2 is 1.74 bits per heavy atom. The fourth-order valence-electron chi connectivity index (χ4n) is 2.59. The molecular weight excluding hydrogens is 383 g/mol. The van der Waals surface area contributed by atoms with Crippen LogP contribution in [0.4, 0.5) is 13.2 Å². The van der Waals surface area contributed by atoms with E-state index >= 15 is 0 Å². The molecule has 2 aromatic carbocycles. The SMILES string of the molecule is O=S(=O)(NCCCc1cc2ccccc2o1)c1ccccc1OC(F)(F)F. The maximum absolute atomic E-state index is 12.4. The molecule has 0 saturated carbocycles. The molecule has 0 atom stereocenters. The summed E-state index contributed by atoms with van der Waals surface area (Å²) in [5.74, 6) is -0.0639. The van der Waals surface area contributed by atoms with Crippen LogP contribution in [0.1, 0.15) is 12.2 Å². The van der Waals surface area contributed by atoms with Gasteiger partial charge in [-0.1, -0.05) is 30.3 Å². The van der Waals surface area contributed by atoms with Crippen molar-refractivity contribution < 1.29 is 30.7 Å². The number of hydrogen-bond acceptors (Lipinski definition) is 4. The van der Waals surface area contributed by atoms with Gasteiger partial charge in [0.05, 0.1) is 0 Å². The van der Waals surface area contributed by atoms with E-state index in [1.165, 1.54) is 12.1 Å². The van der Waals surface area contributed by atoms with Crippen LogP contribution in [0.2, 0.25) is 0 Å². The van der Waals surface area contributed by atoms with E-state index in [1.807, 2.05) is 30.3 Å². The van der Waals surface area contributed by atoms with Crippen LogP contribution < -0.4 is 9.46 Å². The Kier molecular flexibility index (Phi) is 5.43. The molecule has 5 nitrogen and oxygen atoms in total. The Balaban J connectivity index is 1.62. The number of rotatable bonds is 7. The third-order valence-electron chi connectivity index (χ3n) is 3.73. The maximum Gasteiger partial charge on any atom is 0.573 e. The fraction of sp³-hybridized carbons (Fsp3) is 0.222. The largest absolute Gasteiger partial charge is 0.573 e. The molecule has 3 rings (SSSR count). The van der Waals surface area contributed by atoms with Crippen LogP contribution in [0.15, 0.2) is 63.9 Å². The second-order valence-corrected chi connectivity index (χ2v) is 7.48. The van der Waals surface area contributed by atoms with Crippen LogP contribution >= 0.6 is 0 Å². The minimum atomic E-state index is -4.98. The van der Waals surface area contributed by atoms with Crippen molar-refractivity contribution in [3.63, 3.8) is 0 Å². The van der Waals surface area contributed by atoms with Crippen molar-refractivity contribution in [1.29, 1.82) is 0 Å². The highest BCUT2D eigenvalue weighted by Gasteiger charge is 2.33. The van der Waals surface area contributed by atoms with Gasteiger partial charge in [-0.3, -0.25) is 0 Å². The van der Waals surface area contributed by atoms with Gasteiger partial charge in [-0.25, -0.2) is 13.1 Å². The Bertz CT molecular complexity index is 995. The van der Waals surface area contributed by atoms with E-state index in [9.17, 15) is 21.6 Å². The molecule has 0 aliphatic heterocycles. The molecule has 0 unspecified atom stereocenters. The molecule has 0 aliphatic rings. The van der Waals surface area contributed by atoms with Crippen LogP contribution in [0.25, 0.3) is 11.0 Å². The van der Waals surface area contributed by atoms with Crippen molar-refractivity contribution in [1.82, 2.24) is 4.72 Å². The molecule has 0 radical (unpaired) electrons. The monoisotopic (exact) mass is 399 g/mol. The number of nitrogens with one attached hydrogen (secondary N) is 1. The fourth-order valence-corrected chi connectivity index (χ4v) is 3.79. The number of hydrogen-bond donors (Lipinski definition) is 1. The van der Waals surface area contributed by atoms with E-state index < -0.39 is 27.0 Å². The lowest BCUT2D eigenvalue weighted by atomic mass is 10.2. The van der Waals surface area contributed by atoms with E-state index in [0.717, 1.165) is 23.1 Å². The van der Waals surface area contributed by atoms with E-state index in [1.54, 1.807) is 0 Å². The van der Waals surface area contributed by atoms with Gasteiger partial charge in [-0.05, 0) is 30.7 Å². The minimum Gasteiger partial charge on any atom is -0.461 e. The average Bonchev–Trinajstić information content (AvgIpc) is 3.00. The first-order valence-electron chi connectivity index (χ1n) is 8.06. The van der Waals surface area contributed by atoms with Crippen molar-refractivity contribution >= 4 is 21.0 Å². The lowest BCUT2D eigenvalue weighted by Crippen LogP contribution is -2.27. The highest BCUT2D eigenvalue weighted by atomic mass is 32.2. The quantitative estimate of drug-likeness (QED) is 0.604. The van der Waals surface area contributed by atoms with E-state index in [0.29, 0.717) is 18.6 Å². The molecule has 27 heavy (non-hydrogen) atoms. The third kappa shape index (κ3) is 5.01. The summed E-state index contributed by atoms with van der Waals surface area (Å²) in [7, 11) is -4.15. The molecule has 0 bridgehead atoms. The van der Waals surface area contributed by atoms with Crippen molar-refractivity contribution in [3.05, 3.63) is 60.4 Å². The topological polar surface area (TPSA) is 68.5 Å². The Labute approximate surface area is 153 Å². The number of benzene rings is 2. The minimum absolute atomic E-state index is 0.0414. The second kappa shape index (κ2) is 7.61. The van der Waals surface area contributed by atoms with Gasteiger partial charge >= 0.3 is 6.36 Å². The smallest absolute Gasteiger partial charge is 0.461 e. The molecule has 1 aromatic heterocycles. The maximum atomic E-state index is 12.4. The molecule has 0 amide bonds. The molecule has 0 aliphatic carbocycles. The molecule has 0 fully saturated rings. The number of sulfonamides is 1. The summed E-state index contributed by atoms with van der Waals surface area (Å²) in [4.78, 5) is -0.564. The molecule has 3 aromatic rings. The normalized spacial score (nSPS) is 12.4. The number of alkyl halides is 3. The number of ether oxygens (including phenoxy) is 1. The molecule has 1 N–H and O–H groups in total. The third-order valence-corrected chi connectivity index (χ3v) is 5.23. The van der Waals surface area contributed by atoms with E-state index in [-0.39, 0.29) is 6.54 Å². The highest BCUT2D eigenvalue weighted by molar-refractivity contribution is 7.89. The first-order chi connectivity index (χ1) is 12.7. The van der Waals surface area contributed by atoms with Crippen LogP contribution in [-0.4, -0.2) is 21.3 Å². The van der Waals surface area contributed by atoms with Crippen LogP contribution in [0.3, 0.4) is 0 Å². The average molecular weight is 399 g/mol. The molecule has 0 saturated heterocycles. The van der Waals surface area contributed by atoms with Gasteiger partial charge < -0.3 is 9.15 Å². The van der Waals surface area contributed by atoms with Crippen molar-refractivity contribution in [2.75, 3.05) is 6.54 Å². The van der Waals surface area contributed by atoms with Gasteiger partial charge in [-0.2, -0.15) is 0 Å². The molecule has 1 heterocycles. The number of furan rings is 1. The molecule has 9 heteroatoms.